The minimum absolute atomic E-state index is 0.0312. The Bertz CT molecular complexity index is 828. The number of hydrogen-bond donors (Lipinski definition) is 2. The molecule has 3 aromatic heterocycles. The average molecular weight is 327 g/mol. The van der Waals surface area contributed by atoms with Gasteiger partial charge in [0, 0.05) is 22.3 Å². The Balaban J connectivity index is 1.77. The van der Waals surface area contributed by atoms with Crippen molar-refractivity contribution in [2.75, 3.05) is 6.54 Å². The Kier molecular flexibility index (Phi) is 3.66. The zero-order chi connectivity index (χ0) is 15.9. The van der Waals surface area contributed by atoms with E-state index in [4.69, 9.17) is 9.97 Å². The number of hydrogen-bond acceptors (Lipinski definition) is 5. The molecule has 0 saturated carbocycles. The molecule has 3 aromatic rings. The third kappa shape index (κ3) is 2.46. The van der Waals surface area contributed by atoms with Crippen molar-refractivity contribution in [3.8, 4) is 10.4 Å². The first-order valence-electron chi connectivity index (χ1n) is 8.24. The van der Waals surface area contributed by atoms with Gasteiger partial charge in [0.1, 0.15) is 5.82 Å². The molecule has 4 heterocycles. The molecule has 1 atom stereocenters. The van der Waals surface area contributed by atoms with Crippen LogP contribution in [0.4, 0.5) is 0 Å². The highest BCUT2D eigenvalue weighted by atomic mass is 32.1. The van der Waals surface area contributed by atoms with Crippen LogP contribution in [0.3, 0.4) is 0 Å². The average Bonchev–Trinajstić information content (AvgIpc) is 3.25. The molecule has 23 heavy (non-hydrogen) atoms. The van der Waals surface area contributed by atoms with Gasteiger partial charge in [0.2, 0.25) is 0 Å². The molecule has 1 saturated heterocycles. The summed E-state index contributed by atoms with van der Waals surface area (Å²) in [6.07, 6.45) is 8.42. The largest absolute Gasteiger partial charge is 0.305 e. The molecule has 0 amide bonds. The van der Waals surface area contributed by atoms with E-state index in [1.165, 1.54) is 11.3 Å². The van der Waals surface area contributed by atoms with Crippen LogP contribution in [0.1, 0.15) is 44.1 Å². The molecule has 1 aliphatic rings. The van der Waals surface area contributed by atoms with E-state index in [9.17, 15) is 0 Å². The Hall–Kier alpha value is -1.79. The van der Waals surface area contributed by atoms with Crippen molar-refractivity contribution in [3.63, 3.8) is 0 Å². The second-order valence-electron chi connectivity index (χ2n) is 6.32. The summed E-state index contributed by atoms with van der Waals surface area (Å²) in [5, 5.41) is 10.8. The summed E-state index contributed by atoms with van der Waals surface area (Å²) in [6.45, 7) is 5.33. The van der Waals surface area contributed by atoms with Gasteiger partial charge in [-0.3, -0.25) is 5.10 Å². The second kappa shape index (κ2) is 5.69. The number of aromatic amines is 1. The van der Waals surface area contributed by atoms with Crippen LogP contribution in [0.2, 0.25) is 0 Å². The quantitative estimate of drug-likeness (QED) is 0.765. The highest BCUT2D eigenvalue weighted by molar-refractivity contribution is 7.22. The van der Waals surface area contributed by atoms with Gasteiger partial charge >= 0.3 is 0 Å². The Morgan fingerprint density at radius 1 is 1.35 bits per heavy atom. The SMILES string of the molecule is CCCC1(c2ncc3sc(-c4cn[nH]c4C)cc3n2)CCCN1. The van der Waals surface area contributed by atoms with Crippen LogP contribution < -0.4 is 5.32 Å². The van der Waals surface area contributed by atoms with E-state index in [1.807, 2.05) is 19.3 Å². The molecular formula is C17H21N5S. The Morgan fingerprint density at radius 2 is 2.26 bits per heavy atom. The van der Waals surface area contributed by atoms with Crippen molar-refractivity contribution in [2.45, 2.75) is 45.1 Å². The van der Waals surface area contributed by atoms with Crippen molar-refractivity contribution in [1.82, 2.24) is 25.5 Å². The Morgan fingerprint density at radius 3 is 2.96 bits per heavy atom. The lowest BCUT2D eigenvalue weighted by Crippen LogP contribution is -2.38. The minimum Gasteiger partial charge on any atom is -0.305 e. The van der Waals surface area contributed by atoms with Crippen LogP contribution in [0.15, 0.2) is 18.5 Å². The first-order chi connectivity index (χ1) is 11.2. The number of thiophene rings is 1. The van der Waals surface area contributed by atoms with Crippen molar-refractivity contribution >= 4 is 21.6 Å². The van der Waals surface area contributed by atoms with E-state index in [-0.39, 0.29) is 5.54 Å². The van der Waals surface area contributed by atoms with Gasteiger partial charge in [-0.1, -0.05) is 13.3 Å². The van der Waals surface area contributed by atoms with Crippen LogP contribution in [0.5, 0.6) is 0 Å². The fraction of sp³-hybridized carbons (Fsp3) is 0.471. The zero-order valence-electron chi connectivity index (χ0n) is 13.5. The smallest absolute Gasteiger partial charge is 0.149 e. The minimum atomic E-state index is -0.0312. The van der Waals surface area contributed by atoms with Gasteiger partial charge < -0.3 is 5.32 Å². The first kappa shape index (κ1) is 14.8. The number of fused-ring (bicyclic) bond motifs is 1. The van der Waals surface area contributed by atoms with Crippen LogP contribution in [-0.2, 0) is 5.54 Å². The molecule has 6 heteroatoms. The van der Waals surface area contributed by atoms with E-state index in [0.29, 0.717) is 0 Å². The summed E-state index contributed by atoms with van der Waals surface area (Å²) in [5.41, 5.74) is 3.25. The molecule has 0 aromatic carbocycles. The standard InChI is InChI=1S/C17H21N5S/c1-3-5-17(6-4-7-19-17)16-18-10-15-13(21-16)8-14(23-15)12-9-20-22-11(12)2/h8-10,19H,3-7H2,1-2H3,(H,20,22). The number of aryl methyl sites for hydroxylation is 1. The molecule has 1 fully saturated rings. The number of aromatic nitrogens is 4. The van der Waals surface area contributed by atoms with E-state index in [0.717, 1.165) is 53.1 Å². The lowest BCUT2D eigenvalue weighted by atomic mass is 9.91. The van der Waals surface area contributed by atoms with Gasteiger partial charge in [0.15, 0.2) is 0 Å². The van der Waals surface area contributed by atoms with E-state index >= 15 is 0 Å². The van der Waals surface area contributed by atoms with E-state index in [2.05, 4.69) is 28.5 Å². The molecule has 0 radical (unpaired) electrons. The predicted molar refractivity (Wildman–Crippen MR) is 93.6 cm³/mol. The maximum absolute atomic E-state index is 4.91. The molecule has 120 valence electrons. The van der Waals surface area contributed by atoms with Gasteiger partial charge in [-0.25, -0.2) is 9.97 Å². The molecule has 5 nitrogen and oxygen atoms in total. The molecule has 1 aliphatic heterocycles. The highest BCUT2D eigenvalue weighted by Gasteiger charge is 2.37. The highest BCUT2D eigenvalue weighted by Crippen LogP contribution is 2.37. The zero-order valence-corrected chi connectivity index (χ0v) is 14.3. The lowest BCUT2D eigenvalue weighted by molar-refractivity contribution is 0.335. The number of nitrogens with zero attached hydrogens (tertiary/aromatic N) is 3. The van der Waals surface area contributed by atoms with Crippen molar-refractivity contribution in [1.29, 1.82) is 0 Å². The van der Waals surface area contributed by atoms with Gasteiger partial charge in [0.05, 0.1) is 22.0 Å². The molecule has 0 spiro atoms. The summed E-state index contributed by atoms with van der Waals surface area (Å²) < 4.78 is 1.13. The molecular weight excluding hydrogens is 306 g/mol. The monoisotopic (exact) mass is 327 g/mol. The van der Waals surface area contributed by atoms with Crippen LogP contribution in [0, 0.1) is 6.92 Å². The fourth-order valence-electron chi connectivity index (χ4n) is 3.55. The summed E-state index contributed by atoms with van der Waals surface area (Å²) in [4.78, 5) is 10.8. The maximum atomic E-state index is 4.91. The van der Waals surface area contributed by atoms with Gasteiger partial charge in [-0.15, -0.1) is 11.3 Å². The molecule has 1 unspecified atom stereocenters. The van der Waals surface area contributed by atoms with E-state index < -0.39 is 0 Å². The number of H-pyrrole nitrogens is 1. The van der Waals surface area contributed by atoms with Crippen molar-refractivity contribution in [2.24, 2.45) is 0 Å². The number of rotatable bonds is 4. The number of nitrogens with one attached hydrogen (secondary N) is 2. The topological polar surface area (TPSA) is 66.5 Å². The van der Waals surface area contributed by atoms with Crippen LogP contribution in [0.25, 0.3) is 20.7 Å². The third-order valence-electron chi connectivity index (χ3n) is 4.71. The van der Waals surface area contributed by atoms with Crippen LogP contribution in [-0.4, -0.2) is 26.7 Å². The molecule has 2 N–H and O–H groups in total. The fourth-order valence-corrected chi connectivity index (χ4v) is 4.59. The molecule has 0 bridgehead atoms. The summed E-state index contributed by atoms with van der Waals surface area (Å²) in [7, 11) is 0. The van der Waals surface area contributed by atoms with Gasteiger partial charge in [-0.05, 0) is 38.8 Å². The second-order valence-corrected chi connectivity index (χ2v) is 7.41. The molecule has 4 rings (SSSR count). The van der Waals surface area contributed by atoms with Crippen molar-refractivity contribution < 1.29 is 0 Å². The van der Waals surface area contributed by atoms with Crippen LogP contribution >= 0.6 is 11.3 Å². The first-order valence-corrected chi connectivity index (χ1v) is 9.06. The summed E-state index contributed by atoms with van der Waals surface area (Å²) in [6, 6.07) is 2.16. The third-order valence-corrected chi connectivity index (χ3v) is 5.81. The molecule has 0 aliphatic carbocycles. The lowest BCUT2D eigenvalue weighted by Gasteiger charge is -2.27. The summed E-state index contributed by atoms with van der Waals surface area (Å²) in [5.74, 6) is 0.956. The predicted octanol–water partition coefficient (Wildman–Crippen LogP) is 3.77. The summed E-state index contributed by atoms with van der Waals surface area (Å²) >= 11 is 1.73. The normalized spacial score (nSPS) is 21.3. The van der Waals surface area contributed by atoms with Gasteiger partial charge in [-0.2, -0.15) is 5.10 Å². The van der Waals surface area contributed by atoms with E-state index in [1.54, 1.807) is 11.3 Å². The van der Waals surface area contributed by atoms with Crippen molar-refractivity contribution in [3.05, 3.63) is 30.0 Å². The Labute approximate surface area is 139 Å². The van der Waals surface area contributed by atoms with Gasteiger partial charge in [0.25, 0.3) is 0 Å². The maximum Gasteiger partial charge on any atom is 0.149 e.